The maximum atomic E-state index is 13.7. The Hall–Kier alpha value is -4.58. The standard InChI is InChI=1S/C32H29ClN6O4S/c1-20(27-18-22-10-8-14-25(33)28(22)32(41)39(27)23-11-3-2-4-12-23)36-31(40)29-30(34)35-19-26(37-29)21-9-7-13-24(17-21)44(42,43)38-15-5-6-16-38/h2-4,7-14,17-20H,5-6,15-16H2,1H3,(H2,34,35)(H,36,40). The van der Waals surface area contributed by atoms with Crippen LogP contribution in [0.4, 0.5) is 5.82 Å². The Kier molecular flexibility index (Phi) is 7.93. The fraction of sp³-hybridized carbons (Fsp3) is 0.188. The number of nitrogens with one attached hydrogen (secondary N) is 1. The molecule has 3 N–H and O–H groups in total. The zero-order valence-corrected chi connectivity index (χ0v) is 25.3. The lowest BCUT2D eigenvalue weighted by molar-refractivity contribution is 0.0934. The van der Waals surface area contributed by atoms with Gasteiger partial charge in [-0.3, -0.25) is 14.2 Å². The van der Waals surface area contributed by atoms with Gasteiger partial charge in [0, 0.05) is 30.0 Å². The molecule has 0 bridgehead atoms. The van der Waals surface area contributed by atoms with E-state index in [-0.39, 0.29) is 27.7 Å². The predicted molar refractivity (Wildman–Crippen MR) is 170 cm³/mol. The molecule has 12 heteroatoms. The van der Waals surface area contributed by atoms with Gasteiger partial charge in [0.25, 0.3) is 11.5 Å². The predicted octanol–water partition coefficient (Wildman–Crippen LogP) is 4.96. The summed E-state index contributed by atoms with van der Waals surface area (Å²) in [7, 11) is -3.65. The van der Waals surface area contributed by atoms with E-state index in [9.17, 15) is 18.0 Å². The highest BCUT2D eigenvalue weighted by molar-refractivity contribution is 7.89. The molecule has 1 atom stereocenters. The van der Waals surface area contributed by atoms with Gasteiger partial charge < -0.3 is 11.1 Å². The average Bonchev–Trinajstić information content (AvgIpc) is 3.58. The number of para-hydroxylation sites is 1. The number of halogens is 1. The van der Waals surface area contributed by atoms with E-state index < -0.39 is 22.0 Å². The molecule has 1 unspecified atom stereocenters. The van der Waals surface area contributed by atoms with Crippen molar-refractivity contribution in [2.75, 3.05) is 18.8 Å². The molecular weight excluding hydrogens is 600 g/mol. The summed E-state index contributed by atoms with van der Waals surface area (Å²) in [6.45, 7) is 2.72. The zero-order valence-electron chi connectivity index (χ0n) is 23.8. The number of hydrogen-bond donors (Lipinski definition) is 2. The number of nitrogen functional groups attached to an aromatic ring is 1. The quantitative estimate of drug-likeness (QED) is 0.260. The SMILES string of the molecule is CC(NC(=O)c1nc(-c2cccc(S(=O)(=O)N3CCCC3)c2)cnc1N)c1cc2cccc(Cl)c2c(=O)n1-c1ccccc1. The van der Waals surface area contributed by atoms with Crippen LogP contribution in [-0.2, 0) is 10.0 Å². The van der Waals surface area contributed by atoms with Gasteiger partial charge in [-0.05, 0) is 61.5 Å². The molecule has 3 aromatic carbocycles. The monoisotopic (exact) mass is 628 g/mol. The molecule has 1 fully saturated rings. The van der Waals surface area contributed by atoms with Crippen molar-refractivity contribution in [3.05, 3.63) is 112 Å². The average molecular weight is 629 g/mol. The van der Waals surface area contributed by atoms with Gasteiger partial charge in [0.05, 0.1) is 33.2 Å². The molecule has 0 radical (unpaired) electrons. The number of anilines is 1. The van der Waals surface area contributed by atoms with Crippen LogP contribution >= 0.6 is 11.6 Å². The van der Waals surface area contributed by atoms with Gasteiger partial charge in [0.1, 0.15) is 0 Å². The number of hydrogen-bond acceptors (Lipinski definition) is 7. The highest BCUT2D eigenvalue weighted by atomic mass is 35.5. The third-order valence-corrected chi connectivity index (χ3v) is 9.89. The van der Waals surface area contributed by atoms with E-state index in [0.717, 1.165) is 12.8 Å². The summed E-state index contributed by atoms with van der Waals surface area (Å²) in [5.41, 5.74) is 7.55. The molecule has 5 aromatic rings. The highest BCUT2D eigenvalue weighted by Crippen LogP contribution is 2.28. The summed E-state index contributed by atoms with van der Waals surface area (Å²) in [4.78, 5) is 36.1. The van der Waals surface area contributed by atoms with Crippen LogP contribution in [0.3, 0.4) is 0 Å². The molecule has 0 spiro atoms. The first-order valence-electron chi connectivity index (χ1n) is 14.1. The van der Waals surface area contributed by atoms with E-state index in [2.05, 4.69) is 15.3 Å². The van der Waals surface area contributed by atoms with Crippen molar-refractivity contribution in [2.45, 2.75) is 30.7 Å². The van der Waals surface area contributed by atoms with Crippen LogP contribution in [0.1, 0.15) is 42.0 Å². The lowest BCUT2D eigenvalue weighted by Crippen LogP contribution is -2.33. The first-order valence-corrected chi connectivity index (χ1v) is 15.9. The minimum absolute atomic E-state index is 0.0926. The van der Waals surface area contributed by atoms with Crippen LogP contribution in [0.15, 0.2) is 94.7 Å². The van der Waals surface area contributed by atoms with Gasteiger partial charge in [-0.1, -0.05) is 54.1 Å². The molecule has 44 heavy (non-hydrogen) atoms. The summed E-state index contributed by atoms with van der Waals surface area (Å²) in [5.74, 6) is -0.700. The van der Waals surface area contributed by atoms with E-state index in [4.69, 9.17) is 17.3 Å². The second-order valence-corrected chi connectivity index (χ2v) is 12.9. The third kappa shape index (κ3) is 5.45. The summed E-state index contributed by atoms with van der Waals surface area (Å²) in [5, 5.41) is 4.24. The van der Waals surface area contributed by atoms with Crippen molar-refractivity contribution in [3.8, 4) is 16.9 Å². The van der Waals surface area contributed by atoms with Crippen LogP contribution in [0, 0.1) is 0 Å². The van der Waals surface area contributed by atoms with Gasteiger partial charge in [0.15, 0.2) is 11.5 Å². The van der Waals surface area contributed by atoms with Gasteiger partial charge in [0.2, 0.25) is 10.0 Å². The molecule has 10 nitrogen and oxygen atoms in total. The summed E-state index contributed by atoms with van der Waals surface area (Å²) < 4.78 is 29.3. The number of carbonyl (C=O) groups excluding carboxylic acids is 1. The number of amides is 1. The lowest BCUT2D eigenvalue weighted by Gasteiger charge is -2.21. The molecule has 1 aliphatic rings. The van der Waals surface area contributed by atoms with Crippen molar-refractivity contribution in [1.82, 2.24) is 24.2 Å². The van der Waals surface area contributed by atoms with Gasteiger partial charge in [-0.15, -0.1) is 0 Å². The smallest absolute Gasteiger partial charge is 0.274 e. The molecule has 1 amide bonds. The van der Waals surface area contributed by atoms with E-state index in [1.54, 1.807) is 55.5 Å². The first-order chi connectivity index (χ1) is 21.1. The molecule has 1 aliphatic heterocycles. The van der Waals surface area contributed by atoms with Gasteiger partial charge >= 0.3 is 0 Å². The second-order valence-electron chi connectivity index (χ2n) is 10.6. The first kappa shape index (κ1) is 29.5. The molecule has 6 rings (SSSR count). The number of nitrogens with zero attached hydrogens (tertiary/aromatic N) is 4. The molecular formula is C32H29ClN6O4S. The summed E-state index contributed by atoms with van der Waals surface area (Å²) in [6, 6.07) is 21.8. The van der Waals surface area contributed by atoms with Crippen LogP contribution in [0.2, 0.25) is 5.02 Å². The van der Waals surface area contributed by atoms with Crippen LogP contribution in [0.25, 0.3) is 27.7 Å². The second kappa shape index (κ2) is 11.8. The maximum absolute atomic E-state index is 13.7. The van der Waals surface area contributed by atoms with Crippen molar-refractivity contribution in [2.24, 2.45) is 0 Å². The van der Waals surface area contributed by atoms with Crippen molar-refractivity contribution >= 4 is 44.1 Å². The van der Waals surface area contributed by atoms with E-state index >= 15 is 0 Å². The normalized spacial score (nSPS) is 14.5. The van der Waals surface area contributed by atoms with E-state index in [1.807, 2.05) is 24.3 Å². The van der Waals surface area contributed by atoms with Crippen molar-refractivity contribution < 1.29 is 13.2 Å². The Morgan fingerprint density at radius 1 is 1.00 bits per heavy atom. The molecule has 3 heterocycles. The van der Waals surface area contributed by atoms with Crippen molar-refractivity contribution in [1.29, 1.82) is 0 Å². The summed E-state index contributed by atoms with van der Waals surface area (Å²) in [6.07, 6.45) is 3.05. The lowest BCUT2D eigenvalue weighted by atomic mass is 10.1. The van der Waals surface area contributed by atoms with Crippen LogP contribution in [0.5, 0.6) is 0 Å². The zero-order chi connectivity index (χ0) is 31.0. The van der Waals surface area contributed by atoms with Crippen molar-refractivity contribution in [3.63, 3.8) is 0 Å². The third-order valence-electron chi connectivity index (χ3n) is 7.68. The molecule has 0 aliphatic carbocycles. The Labute approximate surface area is 259 Å². The molecule has 2 aromatic heterocycles. The van der Waals surface area contributed by atoms with E-state index in [1.165, 1.54) is 21.1 Å². The van der Waals surface area contributed by atoms with Gasteiger partial charge in [-0.2, -0.15) is 4.31 Å². The minimum atomic E-state index is -3.65. The van der Waals surface area contributed by atoms with Crippen LogP contribution < -0.4 is 16.6 Å². The molecule has 0 saturated carbocycles. The fourth-order valence-corrected chi connectivity index (χ4v) is 7.26. The highest BCUT2D eigenvalue weighted by Gasteiger charge is 2.28. The number of aromatic nitrogens is 3. The van der Waals surface area contributed by atoms with Crippen LogP contribution in [-0.4, -0.2) is 46.3 Å². The van der Waals surface area contributed by atoms with Gasteiger partial charge in [-0.25, -0.2) is 18.4 Å². The fourth-order valence-electron chi connectivity index (χ4n) is 5.44. The molecule has 1 saturated heterocycles. The number of fused-ring (bicyclic) bond motifs is 1. The number of carbonyl (C=O) groups is 1. The number of sulfonamides is 1. The number of rotatable bonds is 7. The Bertz CT molecular complexity index is 2060. The Balaban J connectivity index is 1.35. The Morgan fingerprint density at radius 2 is 1.73 bits per heavy atom. The molecule has 224 valence electrons. The number of benzene rings is 3. The largest absolute Gasteiger partial charge is 0.382 e. The van der Waals surface area contributed by atoms with E-state index in [0.29, 0.717) is 45.8 Å². The maximum Gasteiger partial charge on any atom is 0.274 e. The Morgan fingerprint density at radius 3 is 2.48 bits per heavy atom. The minimum Gasteiger partial charge on any atom is -0.382 e. The summed E-state index contributed by atoms with van der Waals surface area (Å²) >= 11 is 6.42. The number of pyridine rings is 1. The topological polar surface area (TPSA) is 140 Å². The number of nitrogens with two attached hydrogens (primary N) is 1.